The highest BCUT2D eigenvalue weighted by Gasteiger charge is 2.25. The third kappa shape index (κ3) is 4.04. The molecule has 5 heteroatoms. The van der Waals surface area contributed by atoms with Gasteiger partial charge in [-0.25, -0.2) is 4.39 Å². The Morgan fingerprint density at radius 1 is 1.53 bits per heavy atom. The van der Waals surface area contributed by atoms with Crippen LogP contribution in [0.1, 0.15) is 24.0 Å². The number of nitrogens with zero attached hydrogens (tertiary/aromatic N) is 2. The van der Waals surface area contributed by atoms with Crippen LogP contribution in [0.4, 0.5) is 4.39 Å². The van der Waals surface area contributed by atoms with E-state index < -0.39 is 11.8 Å². The molecule has 4 nitrogen and oxygen atoms in total. The Hall–Kier alpha value is -1.93. The molecule has 1 aliphatic rings. The summed E-state index contributed by atoms with van der Waals surface area (Å²) in [5.74, 6) is -0.779. The minimum absolute atomic E-state index is 0.0568. The molecule has 0 heterocycles. The van der Waals surface area contributed by atoms with E-state index in [4.69, 9.17) is 10.4 Å². The lowest BCUT2D eigenvalue weighted by atomic mass is 10.1. The fraction of sp³-hybridized carbons (Fsp3) is 0.429. The predicted octanol–water partition coefficient (Wildman–Crippen LogP) is 1.99. The van der Waals surface area contributed by atoms with Crippen LogP contribution in [0.2, 0.25) is 0 Å². The molecule has 1 saturated carbocycles. The lowest BCUT2D eigenvalue weighted by Crippen LogP contribution is -2.31. The van der Waals surface area contributed by atoms with Crippen LogP contribution in [0.5, 0.6) is 0 Å². The van der Waals surface area contributed by atoms with Crippen molar-refractivity contribution in [2.24, 2.45) is 5.92 Å². The number of hydrogen-bond donors (Lipinski definition) is 1. The largest absolute Gasteiger partial charge is 0.480 e. The lowest BCUT2D eigenvalue weighted by molar-refractivity contribution is -0.138. The molecule has 0 unspecified atom stereocenters. The average Bonchev–Trinajstić information content (AvgIpc) is 3.14. The number of halogens is 1. The van der Waals surface area contributed by atoms with Gasteiger partial charge in [-0.3, -0.25) is 9.69 Å². The van der Waals surface area contributed by atoms with Crippen molar-refractivity contribution in [1.82, 2.24) is 4.90 Å². The Morgan fingerprint density at radius 2 is 2.26 bits per heavy atom. The van der Waals surface area contributed by atoms with Crippen molar-refractivity contribution in [2.75, 3.05) is 13.1 Å². The Bertz CT molecular complexity index is 521. The first kappa shape index (κ1) is 13.5. The summed E-state index contributed by atoms with van der Waals surface area (Å²) in [7, 11) is 0. The molecular weight excluding hydrogens is 247 g/mol. The molecule has 0 bridgehead atoms. The molecule has 0 spiro atoms. The van der Waals surface area contributed by atoms with Crippen LogP contribution in [0.3, 0.4) is 0 Å². The molecule has 1 aromatic carbocycles. The van der Waals surface area contributed by atoms with Crippen LogP contribution in [-0.4, -0.2) is 29.1 Å². The van der Waals surface area contributed by atoms with Gasteiger partial charge in [0.2, 0.25) is 0 Å². The molecule has 0 saturated heterocycles. The highest BCUT2D eigenvalue weighted by Crippen LogP contribution is 2.30. The van der Waals surface area contributed by atoms with Crippen LogP contribution < -0.4 is 0 Å². The molecule has 1 fully saturated rings. The zero-order valence-corrected chi connectivity index (χ0v) is 10.5. The van der Waals surface area contributed by atoms with Gasteiger partial charge in [0.05, 0.1) is 18.2 Å². The van der Waals surface area contributed by atoms with Crippen molar-refractivity contribution in [2.45, 2.75) is 19.4 Å². The summed E-state index contributed by atoms with van der Waals surface area (Å²) in [6.45, 7) is 1.03. The Balaban J connectivity index is 2.11. The molecule has 1 aliphatic carbocycles. The van der Waals surface area contributed by atoms with Crippen LogP contribution in [-0.2, 0) is 11.3 Å². The Kier molecular flexibility index (Phi) is 4.13. The molecule has 0 aromatic heterocycles. The highest BCUT2D eigenvalue weighted by atomic mass is 19.1. The quantitative estimate of drug-likeness (QED) is 0.851. The second kappa shape index (κ2) is 5.81. The molecule has 1 aromatic rings. The van der Waals surface area contributed by atoms with Crippen molar-refractivity contribution in [3.63, 3.8) is 0 Å². The maximum absolute atomic E-state index is 13.0. The molecule has 100 valence electrons. The zero-order valence-electron chi connectivity index (χ0n) is 10.5. The van der Waals surface area contributed by atoms with Gasteiger partial charge in [-0.05, 0) is 36.5 Å². The zero-order chi connectivity index (χ0) is 13.8. The van der Waals surface area contributed by atoms with Gasteiger partial charge in [0.15, 0.2) is 0 Å². The summed E-state index contributed by atoms with van der Waals surface area (Å²) >= 11 is 0. The number of aliphatic carboxylic acids is 1. The number of rotatable bonds is 6. The van der Waals surface area contributed by atoms with E-state index in [1.807, 2.05) is 6.07 Å². The molecule has 0 atom stereocenters. The van der Waals surface area contributed by atoms with E-state index in [0.717, 1.165) is 12.8 Å². The van der Waals surface area contributed by atoms with E-state index >= 15 is 0 Å². The number of nitriles is 1. The lowest BCUT2D eigenvalue weighted by Gasteiger charge is -2.20. The molecule has 0 radical (unpaired) electrons. The number of carboxylic acids is 1. The van der Waals surface area contributed by atoms with Gasteiger partial charge in [-0.15, -0.1) is 0 Å². The smallest absolute Gasteiger partial charge is 0.317 e. The summed E-state index contributed by atoms with van der Waals surface area (Å²) in [6.07, 6.45) is 2.26. The summed E-state index contributed by atoms with van der Waals surface area (Å²) in [5, 5.41) is 17.9. The van der Waals surface area contributed by atoms with E-state index in [1.54, 1.807) is 11.0 Å². The first-order valence-electron chi connectivity index (χ1n) is 6.21. The van der Waals surface area contributed by atoms with E-state index in [-0.39, 0.29) is 12.1 Å². The monoisotopic (exact) mass is 262 g/mol. The van der Waals surface area contributed by atoms with Crippen LogP contribution in [0, 0.1) is 23.1 Å². The minimum Gasteiger partial charge on any atom is -0.480 e. The van der Waals surface area contributed by atoms with Gasteiger partial charge >= 0.3 is 5.97 Å². The van der Waals surface area contributed by atoms with Crippen molar-refractivity contribution in [3.8, 4) is 6.07 Å². The van der Waals surface area contributed by atoms with Gasteiger partial charge in [-0.2, -0.15) is 5.26 Å². The van der Waals surface area contributed by atoms with E-state index in [9.17, 15) is 9.18 Å². The first-order chi connectivity index (χ1) is 9.08. The fourth-order valence-corrected chi connectivity index (χ4v) is 2.07. The third-order valence-electron chi connectivity index (χ3n) is 3.16. The van der Waals surface area contributed by atoms with Crippen molar-refractivity contribution < 1.29 is 14.3 Å². The Labute approximate surface area is 111 Å². The van der Waals surface area contributed by atoms with Crippen molar-refractivity contribution in [3.05, 3.63) is 35.1 Å². The number of hydrogen-bond acceptors (Lipinski definition) is 3. The van der Waals surface area contributed by atoms with E-state index in [0.29, 0.717) is 24.6 Å². The van der Waals surface area contributed by atoms with Crippen molar-refractivity contribution in [1.29, 1.82) is 5.26 Å². The van der Waals surface area contributed by atoms with Gasteiger partial charge in [0.1, 0.15) is 5.82 Å². The second-order valence-electron chi connectivity index (χ2n) is 4.92. The predicted molar refractivity (Wildman–Crippen MR) is 66.8 cm³/mol. The highest BCUT2D eigenvalue weighted by molar-refractivity contribution is 5.69. The van der Waals surface area contributed by atoms with Gasteiger partial charge in [0, 0.05) is 13.1 Å². The van der Waals surface area contributed by atoms with Crippen molar-refractivity contribution >= 4 is 5.97 Å². The standard InChI is InChI=1S/C14H15FN2O2/c15-13-4-3-11(12(5-13)6-16)8-17(9-14(18)19)7-10-1-2-10/h3-5,10H,1-2,7-9H2,(H,18,19). The first-order valence-corrected chi connectivity index (χ1v) is 6.21. The van der Waals surface area contributed by atoms with E-state index in [1.165, 1.54) is 12.1 Å². The summed E-state index contributed by atoms with van der Waals surface area (Å²) < 4.78 is 13.0. The normalized spacial score (nSPS) is 14.4. The van der Waals surface area contributed by atoms with Gasteiger partial charge in [-0.1, -0.05) is 6.07 Å². The number of carbonyl (C=O) groups is 1. The Morgan fingerprint density at radius 3 is 2.84 bits per heavy atom. The summed E-state index contributed by atoms with van der Waals surface area (Å²) in [6, 6.07) is 5.98. The van der Waals surface area contributed by atoms with Crippen LogP contribution in [0.25, 0.3) is 0 Å². The third-order valence-corrected chi connectivity index (χ3v) is 3.16. The number of carboxylic acid groups (broad SMARTS) is 1. The van der Waals surface area contributed by atoms with Crippen LogP contribution >= 0.6 is 0 Å². The summed E-state index contributed by atoms with van der Waals surface area (Å²) in [5.41, 5.74) is 0.942. The molecule has 0 amide bonds. The topological polar surface area (TPSA) is 64.3 Å². The maximum atomic E-state index is 13.0. The minimum atomic E-state index is -0.888. The fourth-order valence-electron chi connectivity index (χ4n) is 2.07. The summed E-state index contributed by atoms with van der Waals surface area (Å²) in [4.78, 5) is 12.6. The molecule has 19 heavy (non-hydrogen) atoms. The second-order valence-corrected chi connectivity index (χ2v) is 4.92. The van der Waals surface area contributed by atoms with Gasteiger partial charge < -0.3 is 5.11 Å². The molecule has 1 N–H and O–H groups in total. The van der Waals surface area contributed by atoms with Gasteiger partial charge in [0.25, 0.3) is 0 Å². The molecule has 2 rings (SSSR count). The van der Waals surface area contributed by atoms with Crippen LogP contribution in [0.15, 0.2) is 18.2 Å². The SMILES string of the molecule is N#Cc1cc(F)ccc1CN(CC(=O)O)CC1CC1. The number of benzene rings is 1. The maximum Gasteiger partial charge on any atom is 0.317 e. The molecule has 0 aliphatic heterocycles. The molecular formula is C14H15FN2O2. The average molecular weight is 262 g/mol. The van der Waals surface area contributed by atoms with E-state index in [2.05, 4.69) is 0 Å².